The molecule has 7 nitrogen and oxygen atoms in total. The lowest BCUT2D eigenvalue weighted by atomic mass is 10.1. The Kier molecular flexibility index (Phi) is 4.33. The van der Waals surface area contributed by atoms with Crippen molar-refractivity contribution in [3.05, 3.63) is 82.5 Å². The molecule has 0 aliphatic rings. The summed E-state index contributed by atoms with van der Waals surface area (Å²) in [6, 6.07) is 11.9. The van der Waals surface area contributed by atoms with E-state index in [9.17, 15) is 9.59 Å². The number of carboxylic acid groups (broad SMARTS) is 1. The highest BCUT2D eigenvalue weighted by molar-refractivity contribution is 5.82. The zero-order valence-corrected chi connectivity index (χ0v) is 12.6. The molecule has 0 unspecified atom stereocenters. The monoisotopic (exact) mass is 322 g/mol. The zero-order valence-electron chi connectivity index (χ0n) is 12.6. The van der Waals surface area contributed by atoms with Crippen LogP contribution in [0, 0.1) is 0 Å². The first kappa shape index (κ1) is 15.4. The molecule has 0 bridgehead atoms. The highest BCUT2D eigenvalue weighted by atomic mass is 16.4. The molecular weight excluding hydrogens is 308 g/mol. The summed E-state index contributed by atoms with van der Waals surface area (Å²) in [5.74, 6) is 0. The molecule has 2 N–H and O–H groups in total. The number of hydrogen-bond donors (Lipinski definition) is 2. The Morgan fingerprint density at radius 1 is 1.21 bits per heavy atom. The molecule has 1 aromatic carbocycles. The van der Waals surface area contributed by atoms with Gasteiger partial charge in [-0.15, -0.1) is 0 Å². The predicted molar refractivity (Wildman–Crippen MR) is 88.5 cm³/mol. The van der Waals surface area contributed by atoms with Crippen molar-refractivity contribution in [3.8, 4) is 5.69 Å². The van der Waals surface area contributed by atoms with Crippen molar-refractivity contribution in [2.24, 2.45) is 0 Å². The Balaban J connectivity index is 1.90. The molecule has 0 saturated carbocycles. The summed E-state index contributed by atoms with van der Waals surface area (Å²) < 4.78 is 1.59. The van der Waals surface area contributed by atoms with Crippen LogP contribution in [0.15, 0.2) is 65.8 Å². The molecule has 2 heterocycles. The number of aromatic nitrogens is 3. The van der Waals surface area contributed by atoms with Crippen LogP contribution in [0.5, 0.6) is 0 Å². The number of carbonyl (C=O) groups is 1. The highest BCUT2D eigenvalue weighted by Crippen LogP contribution is 2.13. The lowest BCUT2D eigenvalue weighted by Gasteiger charge is -2.08. The molecule has 120 valence electrons. The fraction of sp³-hybridized carbons (Fsp3) is 0.0588. The molecule has 0 radical (unpaired) electrons. The van der Waals surface area contributed by atoms with Gasteiger partial charge in [0.15, 0.2) is 0 Å². The van der Waals surface area contributed by atoms with E-state index >= 15 is 0 Å². The number of nitrogens with zero attached hydrogens (tertiary/aromatic N) is 3. The lowest BCUT2D eigenvalue weighted by molar-refractivity contribution is 0.210. The fourth-order valence-corrected chi connectivity index (χ4v) is 2.28. The number of amides is 1. The quantitative estimate of drug-likeness (QED) is 0.768. The number of benzene rings is 1. The van der Waals surface area contributed by atoms with Crippen LogP contribution in [0.2, 0.25) is 0 Å². The van der Waals surface area contributed by atoms with E-state index in [1.165, 1.54) is 6.07 Å². The average molecular weight is 322 g/mol. The van der Waals surface area contributed by atoms with Crippen molar-refractivity contribution in [1.82, 2.24) is 14.8 Å². The average Bonchev–Trinajstić information content (AvgIpc) is 2.57. The lowest BCUT2D eigenvalue weighted by Crippen LogP contribution is -2.16. The summed E-state index contributed by atoms with van der Waals surface area (Å²) in [7, 11) is 0. The minimum atomic E-state index is -1.14. The van der Waals surface area contributed by atoms with Crippen LogP contribution in [-0.4, -0.2) is 26.0 Å². The Labute approximate surface area is 137 Å². The summed E-state index contributed by atoms with van der Waals surface area (Å²) in [5, 5.41) is 15.4. The molecule has 1 amide bonds. The zero-order chi connectivity index (χ0) is 16.9. The van der Waals surface area contributed by atoms with E-state index in [1.54, 1.807) is 47.5 Å². The van der Waals surface area contributed by atoms with Gasteiger partial charge in [-0.3, -0.25) is 15.1 Å². The minimum Gasteiger partial charge on any atom is -0.465 e. The van der Waals surface area contributed by atoms with Gasteiger partial charge >= 0.3 is 6.09 Å². The van der Waals surface area contributed by atoms with Crippen LogP contribution in [0.4, 0.5) is 10.5 Å². The third-order valence-electron chi connectivity index (χ3n) is 3.34. The van der Waals surface area contributed by atoms with Crippen LogP contribution in [0.25, 0.3) is 5.69 Å². The van der Waals surface area contributed by atoms with Crippen molar-refractivity contribution in [1.29, 1.82) is 0 Å². The standard InChI is InChI=1S/C17H14N4O3/c22-16-6-8-21(14-5-2-7-18-11-14)20-15(16)10-12-3-1-4-13(9-12)19-17(23)24/h1-9,11,19H,10H2,(H,23,24). The molecule has 0 aliphatic carbocycles. The molecule has 0 fully saturated rings. The van der Waals surface area contributed by atoms with Gasteiger partial charge < -0.3 is 5.11 Å². The molecular formula is C17H14N4O3. The first-order valence-electron chi connectivity index (χ1n) is 7.20. The van der Waals surface area contributed by atoms with E-state index in [4.69, 9.17) is 5.11 Å². The van der Waals surface area contributed by atoms with Gasteiger partial charge in [0.2, 0.25) is 5.43 Å². The van der Waals surface area contributed by atoms with Crippen LogP contribution in [0.3, 0.4) is 0 Å². The van der Waals surface area contributed by atoms with Gasteiger partial charge in [0.25, 0.3) is 0 Å². The molecule has 24 heavy (non-hydrogen) atoms. The van der Waals surface area contributed by atoms with Gasteiger partial charge in [-0.25, -0.2) is 9.48 Å². The number of anilines is 1. The Morgan fingerprint density at radius 3 is 2.83 bits per heavy atom. The third kappa shape index (κ3) is 3.64. The number of rotatable bonds is 4. The van der Waals surface area contributed by atoms with Crippen LogP contribution in [0.1, 0.15) is 11.3 Å². The smallest absolute Gasteiger partial charge is 0.409 e. The predicted octanol–water partition coefficient (Wildman–Crippen LogP) is 2.31. The van der Waals surface area contributed by atoms with E-state index in [0.29, 0.717) is 17.8 Å². The van der Waals surface area contributed by atoms with Gasteiger partial charge in [0.05, 0.1) is 11.9 Å². The van der Waals surface area contributed by atoms with E-state index in [0.717, 1.165) is 11.3 Å². The summed E-state index contributed by atoms with van der Waals surface area (Å²) >= 11 is 0. The van der Waals surface area contributed by atoms with Gasteiger partial charge in [-0.2, -0.15) is 5.10 Å². The molecule has 0 saturated heterocycles. The topological polar surface area (TPSA) is 97.1 Å². The van der Waals surface area contributed by atoms with Crippen molar-refractivity contribution in [2.75, 3.05) is 5.32 Å². The first-order chi connectivity index (χ1) is 11.6. The van der Waals surface area contributed by atoms with Crippen LogP contribution in [-0.2, 0) is 6.42 Å². The van der Waals surface area contributed by atoms with Gasteiger partial charge in [0, 0.05) is 30.6 Å². The molecule has 0 atom stereocenters. The Hall–Kier alpha value is -3.48. The number of nitrogens with one attached hydrogen (secondary N) is 1. The second kappa shape index (κ2) is 6.74. The maximum atomic E-state index is 12.1. The van der Waals surface area contributed by atoms with Gasteiger partial charge in [-0.05, 0) is 29.8 Å². The third-order valence-corrected chi connectivity index (χ3v) is 3.34. The van der Waals surface area contributed by atoms with Gasteiger partial charge in [0.1, 0.15) is 5.69 Å². The number of hydrogen-bond acceptors (Lipinski definition) is 4. The fourth-order valence-electron chi connectivity index (χ4n) is 2.28. The molecule has 2 aromatic heterocycles. The molecule has 0 aliphatic heterocycles. The van der Waals surface area contributed by atoms with E-state index in [2.05, 4.69) is 15.4 Å². The highest BCUT2D eigenvalue weighted by Gasteiger charge is 2.07. The van der Waals surface area contributed by atoms with E-state index < -0.39 is 6.09 Å². The normalized spacial score (nSPS) is 10.3. The minimum absolute atomic E-state index is 0.174. The SMILES string of the molecule is O=C(O)Nc1cccc(Cc2nn(-c3cccnc3)ccc2=O)c1. The molecule has 3 aromatic rings. The van der Waals surface area contributed by atoms with Crippen LogP contribution >= 0.6 is 0 Å². The molecule has 7 heteroatoms. The van der Waals surface area contributed by atoms with Crippen molar-refractivity contribution in [2.45, 2.75) is 6.42 Å². The second-order valence-corrected chi connectivity index (χ2v) is 5.09. The summed E-state index contributed by atoms with van der Waals surface area (Å²) in [6.45, 7) is 0. The Morgan fingerprint density at radius 2 is 2.08 bits per heavy atom. The van der Waals surface area contributed by atoms with Crippen molar-refractivity contribution in [3.63, 3.8) is 0 Å². The summed E-state index contributed by atoms with van der Waals surface area (Å²) in [4.78, 5) is 26.8. The first-order valence-corrected chi connectivity index (χ1v) is 7.20. The van der Waals surface area contributed by atoms with Crippen molar-refractivity contribution < 1.29 is 9.90 Å². The second-order valence-electron chi connectivity index (χ2n) is 5.09. The van der Waals surface area contributed by atoms with Gasteiger partial charge in [-0.1, -0.05) is 12.1 Å². The van der Waals surface area contributed by atoms with Crippen LogP contribution < -0.4 is 10.7 Å². The molecule has 0 spiro atoms. The largest absolute Gasteiger partial charge is 0.465 e. The van der Waals surface area contributed by atoms with E-state index in [1.807, 2.05) is 12.1 Å². The molecule has 3 rings (SSSR count). The van der Waals surface area contributed by atoms with Crippen molar-refractivity contribution >= 4 is 11.8 Å². The summed E-state index contributed by atoms with van der Waals surface area (Å²) in [5.41, 5.74) is 2.18. The Bertz CT molecular complexity index is 922. The maximum Gasteiger partial charge on any atom is 0.409 e. The summed E-state index contributed by atoms with van der Waals surface area (Å²) in [6.07, 6.45) is 4.07. The van der Waals surface area contributed by atoms with E-state index in [-0.39, 0.29) is 5.43 Å². The number of pyridine rings is 1. The maximum absolute atomic E-state index is 12.1.